The van der Waals surface area contributed by atoms with Crippen LogP contribution < -0.4 is 5.32 Å². The number of sulfonamides is 1. The first kappa shape index (κ1) is 18.1. The molecule has 1 saturated heterocycles. The predicted molar refractivity (Wildman–Crippen MR) is 96.8 cm³/mol. The highest BCUT2D eigenvalue weighted by Gasteiger charge is 2.29. The minimum atomic E-state index is -3.17. The van der Waals surface area contributed by atoms with Gasteiger partial charge in [0.2, 0.25) is 15.9 Å². The van der Waals surface area contributed by atoms with Crippen LogP contribution in [0.2, 0.25) is 0 Å². The summed E-state index contributed by atoms with van der Waals surface area (Å²) in [6.07, 6.45) is 5.94. The molecule has 1 aliphatic rings. The molecule has 7 nitrogen and oxygen atoms in total. The minimum absolute atomic E-state index is 0.0134. The lowest BCUT2D eigenvalue weighted by atomic mass is 9.97. The monoisotopic (exact) mass is 382 g/mol. The highest BCUT2D eigenvalue weighted by atomic mass is 32.2. The molecular weight excluding hydrogens is 360 g/mol. The van der Waals surface area contributed by atoms with Crippen molar-refractivity contribution in [3.63, 3.8) is 0 Å². The van der Waals surface area contributed by atoms with Crippen LogP contribution in [-0.2, 0) is 14.8 Å². The molecule has 0 aliphatic carbocycles. The molecule has 3 rings (SSSR count). The maximum Gasteiger partial charge on any atom is 0.223 e. The Hall–Kier alpha value is -1.71. The van der Waals surface area contributed by atoms with Crippen LogP contribution in [0.25, 0.3) is 0 Å². The number of piperidine rings is 1. The van der Waals surface area contributed by atoms with E-state index in [0.717, 1.165) is 5.56 Å². The Kier molecular flexibility index (Phi) is 5.55. The van der Waals surface area contributed by atoms with Gasteiger partial charge >= 0.3 is 0 Å². The largest absolute Gasteiger partial charge is 0.353 e. The first-order valence-corrected chi connectivity index (χ1v) is 11.0. The molecule has 0 radical (unpaired) electrons. The van der Waals surface area contributed by atoms with E-state index in [1.165, 1.54) is 10.6 Å². The van der Waals surface area contributed by atoms with Gasteiger partial charge in [0.05, 0.1) is 12.3 Å². The molecule has 1 fully saturated rings. The Morgan fingerprint density at radius 2 is 2.20 bits per heavy atom. The summed E-state index contributed by atoms with van der Waals surface area (Å²) in [4.78, 5) is 12.5. The van der Waals surface area contributed by atoms with Crippen molar-refractivity contribution in [2.75, 3.05) is 25.9 Å². The quantitative estimate of drug-likeness (QED) is 0.817. The summed E-state index contributed by atoms with van der Waals surface area (Å²) in [6.45, 7) is 1.28. The lowest BCUT2D eigenvalue weighted by molar-refractivity contribution is -0.126. The van der Waals surface area contributed by atoms with Crippen molar-refractivity contribution < 1.29 is 13.2 Å². The number of hydrogen-bond donors (Lipinski definition) is 1. The number of amides is 1. The third-order valence-electron chi connectivity index (χ3n) is 4.54. The first-order chi connectivity index (χ1) is 11.9. The van der Waals surface area contributed by atoms with Crippen molar-refractivity contribution in [3.8, 4) is 0 Å². The number of rotatable bonds is 6. The average Bonchev–Trinajstić information content (AvgIpc) is 3.28. The van der Waals surface area contributed by atoms with Gasteiger partial charge in [0, 0.05) is 37.9 Å². The van der Waals surface area contributed by atoms with Crippen molar-refractivity contribution >= 4 is 27.3 Å². The van der Waals surface area contributed by atoms with E-state index in [9.17, 15) is 13.2 Å². The molecule has 1 aliphatic heterocycles. The zero-order valence-corrected chi connectivity index (χ0v) is 15.7. The number of carbonyl (C=O) groups excluding carboxylic acids is 1. The van der Waals surface area contributed by atoms with Gasteiger partial charge in [-0.15, -0.1) is 0 Å². The third kappa shape index (κ3) is 4.47. The van der Waals surface area contributed by atoms with E-state index in [1.54, 1.807) is 17.5 Å². The zero-order chi connectivity index (χ0) is 17.9. The molecule has 1 amide bonds. The van der Waals surface area contributed by atoms with Crippen molar-refractivity contribution in [2.24, 2.45) is 5.92 Å². The van der Waals surface area contributed by atoms with Crippen LogP contribution >= 0.6 is 11.3 Å². The number of thiophene rings is 1. The third-order valence-corrected chi connectivity index (χ3v) is 6.54. The van der Waals surface area contributed by atoms with Gasteiger partial charge in [-0.05, 0) is 41.3 Å². The Morgan fingerprint density at radius 1 is 1.44 bits per heavy atom. The Bertz CT molecular complexity index is 745. The topological polar surface area (TPSA) is 84.3 Å². The summed E-state index contributed by atoms with van der Waals surface area (Å²) in [7, 11) is -3.17. The van der Waals surface area contributed by atoms with Crippen molar-refractivity contribution in [1.82, 2.24) is 19.4 Å². The Morgan fingerprint density at radius 3 is 2.76 bits per heavy atom. The predicted octanol–water partition coefficient (Wildman–Crippen LogP) is 1.32. The number of carbonyl (C=O) groups is 1. The summed E-state index contributed by atoms with van der Waals surface area (Å²) in [5.74, 6) is -0.153. The van der Waals surface area contributed by atoms with E-state index in [4.69, 9.17) is 0 Å². The molecule has 0 saturated carbocycles. The van der Waals surface area contributed by atoms with E-state index in [0.29, 0.717) is 32.5 Å². The second-order valence-electron chi connectivity index (χ2n) is 6.24. The van der Waals surface area contributed by atoms with Crippen molar-refractivity contribution in [2.45, 2.75) is 18.9 Å². The van der Waals surface area contributed by atoms with Gasteiger partial charge in [0.15, 0.2) is 0 Å². The van der Waals surface area contributed by atoms with Gasteiger partial charge in [0.25, 0.3) is 0 Å². The van der Waals surface area contributed by atoms with Crippen LogP contribution in [0.15, 0.2) is 35.3 Å². The number of nitrogens with one attached hydrogen (secondary N) is 1. The Labute approximate surface area is 151 Å². The maximum absolute atomic E-state index is 12.5. The summed E-state index contributed by atoms with van der Waals surface area (Å²) < 4.78 is 26.4. The highest BCUT2D eigenvalue weighted by Crippen LogP contribution is 2.22. The first-order valence-electron chi connectivity index (χ1n) is 8.19. The van der Waals surface area contributed by atoms with Crippen LogP contribution in [0, 0.1) is 5.92 Å². The van der Waals surface area contributed by atoms with Crippen molar-refractivity contribution in [1.29, 1.82) is 0 Å². The lowest BCUT2D eigenvalue weighted by Crippen LogP contribution is -2.43. The number of aromatic nitrogens is 2. The highest BCUT2D eigenvalue weighted by molar-refractivity contribution is 7.88. The number of hydrogen-bond acceptors (Lipinski definition) is 5. The molecule has 25 heavy (non-hydrogen) atoms. The fraction of sp³-hybridized carbons (Fsp3) is 0.500. The molecule has 0 unspecified atom stereocenters. The van der Waals surface area contributed by atoms with E-state index in [2.05, 4.69) is 15.8 Å². The summed E-state index contributed by atoms with van der Waals surface area (Å²) in [6, 6.07) is 3.86. The summed E-state index contributed by atoms with van der Waals surface area (Å²) in [5.41, 5.74) is 1.11. The second kappa shape index (κ2) is 7.67. The van der Waals surface area contributed by atoms with Gasteiger partial charge in [-0.25, -0.2) is 12.7 Å². The van der Waals surface area contributed by atoms with Crippen LogP contribution in [0.1, 0.15) is 24.4 Å². The van der Waals surface area contributed by atoms with Crippen LogP contribution in [-0.4, -0.2) is 54.3 Å². The molecule has 0 aromatic carbocycles. The average molecular weight is 383 g/mol. The second-order valence-corrected chi connectivity index (χ2v) is 9.00. The van der Waals surface area contributed by atoms with E-state index < -0.39 is 10.0 Å². The smallest absolute Gasteiger partial charge is 0.223 e. The van der Waals surface area contributed by atoms with Crippen LogP contribution in [0.4, 0.5) is 0 Å². The van der Waals surface area contributed by atoms with Gasteiger partial charge in [-0.1, -0.05) is 0 Å². The zero-order valence-electron chi connectivity index (χ0n) is 14.0. The minimum Gasteiger partial charge on any atom is -0.353 e. The maximum atomic E-state index is 12.5. The SMILES string of the molecule is CS(=O)(=O)N1CCC(C(=O)NC[C@@H](c2ccsc2)n2cccn2)CC1. The number of nitrogens with zero attached hydrogens (tertiary/aromatic N) is 3. The van der Waals surface area contributed by atoms with Crippen molar-refractivity contribution in [3.05, 3.63) is 40.8 Å². The molecule has 3 heterocycles. The summed E-state index contributed by atoms with van der Waals surface area (Å²) in [5, 5.41) is 11.4. The molecule has 2 aromatic rings. The molecule has 0 spiro atoms. The van der Waals surface area contributed by atoms with E-state index in [1.807, 2.05) is 28.4 Å². The molecule has 9 heteroatoms. The summed E-state index contributed by atoms with van der Waals surface area (Å²) >= 11 is 1.61. The van der Waals surface area contributed by atoms with Gasteiger partial charge in [-0.2, -0.15) is 16.4 Å². The van der Waals surface area contributed by atoms with E-state index >= 15 is 0 Å². The molecule has 1 N–H and O–H groups in total. The molecule has 2 aromatic heterocycles. The van der Waals surface area contributed by atoms with Gasteiger partial charge in [0.1, 0.15) is 0 Å². The van der Waals surface area contributed by atoms with Gasteiger partial charge in [-0.3, -0.25) is 9.48 Å². The normalized spacial score (nSPS) is 18.1. The molecular formula is C16H22N4O3S2. The molecule has 0 bridgehead atoms. The fourth-order valence-corrected chi connectivity index (χ4v) is 4.67. The van der Waals surface area contributed by atoms with Gasteiger partial charge < -0.3 is 5.32 Å². The Balaban J connectivity index is 1.58. The lowest BCUT2D eigenvalue weighted by Gasteiger charge is -2.29. The fourth-order valence-electron chi connectivity index (χ4n) is 3.08. The molecule has 1 atom stereocenters. The van der Waals surface area contributed by atoms with Crippen LogP contribution in [0.5, 0.6) is 0 Å². The molecule has 136 valence electrons. The van der Waals surface area contributed by atoms with Crippen LogP contribution in [0.3, 0.4) is 0 Å². The van der Waals surface area contributed by atoms with E-state index in [-0.39, 0.29) is 17.9 Å². The standard InChI is InChI=1S/C16H22N4O3S2/c1-25(22,23)19-8-3-13(4-9-19)16(21)17-11-15(14-5-10-24-12-14)20-7-2-6-18-20/h2,5-7,10,12-13,15H,3-4,8-9,11H2,1H3,(H,17,21)/t15-/m0/s1.